The number of ether oxygens (including phenoxy) is 1. The molecule has 0 saturated carbocycles. The van der Waals surface area contributed by atoms with Crippen molar-refractivity contribution in [3.05, 3.63) is 69.8 Å². The number of carbonyl (C=O) groups is 1. The molecule has 2 aromatic carbocycles. The Kier molecular flexibility index (Phi) is 5.84. The van der Waals surface area contributed by atoms with E-state index in [0.29, 0.717) is 0 Å². The smallest absolute Gasteiger partial charge is 0.310 e. The Morgan fingerprint density at radius 1 is 1.04 bits per heavy atom. The minimum atomic E-state index is -0.462. The van der Waals surface area contributed by atoms with Crippen LogP contribution in [0.2, 0.25) is 0 Å². The van der Waals surface area contributed by atoms with Gasteiger partial charge in [-0.1, -0.05) is 36.4 Å². The Morgan fingerprint density at radius 2 is 1.77 bits per heavy atom. The van der Waals surface area contributed by atoms with Gasteiger partial charge in [-0.2, -0.15) is 0 Å². The van der Waals surface area contributed by atoms with Gasteiger partial charge in [0, 0.05) is 19.2 Å². The summed E-state index contributed by atoms with van der Waals surface area (Å²) in [7, 11) is 0. The Bertz CT molecular complexity index is 771. The van der Waals surface area contributed by atoms with Crippen LogP contribution in [0.25, 0.3) is 0 Å². The third-order valence-electron chi connectivity index (χ3n) is 4.52. The molecule has 6 heteroatoms. The van der Waals surface area contributed by atoms with Gasteiger partial charge in [0.2, 0.25) is 5.91 Å². The van der Waals surface area contributed by atoms with Gasteiger partial charge in [-0.15, -0.1) is 0 Å². The van der Waals surface area contributed by atoms with Gasteiger partial charge in [-0.05, 0) is 36.5 Å². The fraction of sp³-hybridized carbons (Fsp3) is 0.350. The summed E-state index contributed by atoms with van der Waals surface area (Å²) < 4.78 is 5.69. The van der Waals surface area contributed by atoms with Crippen molar-refractivity contribution in [2.45, 2.75) is 32.3 Å². The predicted octanol–water partition coefficient (Wildman–Crippen LogP) is 3.73. The molecule has 1 amide bonds. The third kappa shape index (κ3) is 4.59. The summed E-state index contributed by atoms with van der Waals surface area (Å²) in [6, 6.07) is 14.1. The van der Waals surface area contributed by atoms with Gasteiger partial charge in [-0.25, -0.2) is 0 Å². The van der Waals surface area contributed by atoms with Crippen LogP contribution < -0.4 is 4.74 Å². The van der Waals surface area contributed by atoms with Crippen LogP contribution in [0.15, 0.2) is 48.5 Å². The van der Waals surface area contributed by atoms with E-state index in [2.05, 4.69) is 0 Å². The van der Waals surface area contributed by atoms with E-state index < -0.39 is 4.92 Å². The lowest BCUT2D eigenvalue weighted by atomic mass is 10.1. The second-order valence-electron chi connectivity index (χ2n) is 6.45. The number of hydrogen-bond acceptors (Lipinski definition) is 4. The van der Waals surface area contributed by atoms with Crippen LogP contribution in [0.3, 0.4) is 0 Å². The molecule has 1 heterocycles. The Hall–Kier alpha value is -2.89. The highest BCUT2D eigenvalue weighted by Gasteiger charge is 2.20. The molecule has 0 aromatic heterocycles. The number of hydrogen-bond donors (Lipinski definition) is 0. The first-order valence-corrected chi connectivity index (χ1v) is 8.85. The predicted molar refractivity (Wildman–Crippen MR) is 98.0 cm³/mol. The average Bonchev–Trinajstić information content (AvgIpc) is 2.68. The zero-order valence-corrected chi connectivity index (χ0v) is 14.6. The molecule has 0 unspecified atom stereocenters. The van der Waals surface area contributed by atoms with Crippen molar-refractivity contribution in [2.75, 3.05) is 13.1 Å². The SMILES string of the molecule is O=C(Cc1ccc([N+](=O)[O-])c(OCc2ccccc2)c1)N1CCCCC1. The standard InChI is InChI=1S/C20H22N2O4/c23-20(21-11-5-2-6-12-21)14-17-9-10-18(22(24)25)19(13-17)26-15-16-7-3-1-4-8-16/h1,3-4,7-10,13H,2,5-6,11-12,14-15H2. The molecule has 1 aliphatic heterocycles. The van der Waals surface area contributed by atoms with Crippen LogP contribution >= 0.6 is 0 Å². The van der Waals surface area contributed by atoms with Gasteiger partial charge >= 0.3 is 5.69 Å². The highest BCUT2D eigenvalue weighted by molar-refractivity contribution is 5.79. The van der Waals surface area contributed by atoms with Crippen LogP contribution in [0.5, 0.6) is 5.75 Å². The molecule has 1 aliphatic rings. The second-order valence-corrected chi connectivity index (χ2v) is 6.45. The highest BCUT2D eigenvalue weighted by Crippen LogP contribution is 2.29. The summed E-state index contributed by atoms with van der Waals surface area (Å²) in [5, 5.41) is 11.3. The molecule has 26 heavy (non-hydrogen) atoms. The number of amides is 1. The summed E-state index contributed by atoms with van der Waals surface area (Å²) in [5.41, 5.74) is 1.57. The molecule has 0 aliphatic carbocycles. The molecule has 1 saturated heterocycles. The van der Waals surface area contributed by atoms with E-state index in [1.54, 1.807) is 12.1 Å². The molecule has 136 valence electrons. The van der Waals surface area contributed by atoms with E-state index in [9.17, 15) is 14.9 Å². The third-order valence-corrected chi connectivity index (χ3v) is 4.52. The first-order valence-electron chi connectivity index (χ1n) is 8.85. The molecule has 6 nitrogen and oxygen atoms in total. The van der Waals surface area contributed by atoms with Crippen molar-refractivity contribution < 1.29 is 14.5 Å². The van der Waals surface area contributed by atoms with Crippen molar-refractivity contribution in [1.82, 2.24) is 4.90 Å². The summed E-state index contributed by atoms with van der Waals surface area (Å²) in [6.45, 7) is 1.83. The zero-order chi connectivity index (χ0) is 18.4. The van der Waals surface area contributed by atoms with Crippen molar-refractivity contribution in [3.8, 4) is 5.75 Å². The number of piperidine rings is 1. The van der Waals surface area contributed by atoms with Gasteiger partial charge in [-0.3, -0.25) is 14.9 Å². The number of rotatable bonds is 6. The van der Waals surface area contributed by atoms with E-state index in [0.717, 1.165) is 37.1 Å². The molecule has 1 fully saturated rings. The van der Waals surface area contributed by atoms with Crippen LogP contribution in [0.1, 0.15) is 30.4 Å². The highest BCUT2D eigenvalue weighted by atomic mass is 16.6. The van der Waals surface area contributed by atoms with Crippen LogP contribution in [-0.4, -0.2) is 28.8 Å². The van der Waals surface area contributed by atoms with Gasteiger partial charge in [0.15, 0.2) is 5.75 Å². The Balaban J connectivity index is 1.72. The molecule has 0 spiro atoms. The molecule has 3 rings (SSSR count). The number of nitro benzene ring substituents is 1. The van der Waals surface area contributed by atoms with E-state index >= 15 is 0 Å². The van der Waals surface area contributed by atoms with Gasteiger partial charge < -0.3 is 9.64 Å². The first-order chi connectivity index (χ1) is 12.6. The summed E-state index contributed by atoms with van der Waals surface area (Å²) in [6.07, 6.45) is 3.48. The Labute approximate surface area is 152 Å². The maximum atomic E-state index is 12.4. The molecular formula is C20H22N2O4. The lowest BCUT2D eigenvalue weighted by Gasteiger charge is -2.26. The van der Waals surface area contributed by atoms with Crippen molar-refractivity contribution >= 4 is 11.6 Å². The quantitative estimate of drug-likeness (QED) is 0.585. The number of likely N-dealkylation sites (tertiary alicyclic amines) is 1. The molecule has 0 radical (unpaired) electrons. The number of nitrogens with zero attached hydrogens (tertiary/aromatic N) is 2. The fourth-order valence-electron chi connectivity index (χ4n) is 3.10. The number of benzene rings is 2. The minimum absolute atomic E-state index is 0.0626. The van der Waals surface area contributed by atoms with Crippen molar-refractivity contribution in [1.29, 1.82) is 0 Å². The van der Waals surface area contributed by atoms with Crippen LogP contribution in [0, 0.1) is 10.1 Å². The summed E-state index contributed by atoms with van der Waals surface area (Å²) in [5.74, 6) is 0.260. The Morgan fingerprint density at radius 3 is 2.46 bits per heavy atom. The van der Waals surface area contributed by atoms with Gasteiger partial charge in [0.05, 0.1) is 11.3 Å². The summed E-state index contributed by atoms with van der Waals surface area (Å²) >= 11 is 0. The number of nitro groups is 1. The van der Waals surface area contributed by atoms with E-state index in [-0.39, 0.29) is 30.4 Å². The summed E-state index contributed by atoms with van der Waals surface area (Å²) in [4.78, 5) is 25.1. The average molecular weight is 354 g/mol. The van der Waals surface area contributed by atoms with Gasteiger partial charge in [0.25, 0.3) is 0 Å². The number of carbonyl (C=O) groups excluding carboxylic acids is 1. The van der Waals surface area contributed by atoms with E-state index in [4.69, 9.17) is 4.74 Å². The maximum absolute atomic E-state index is 12.4. The molecule has 0 N–H and O–H groups in total. The normalized spacial score (nSPS) is 14.1. The fourth-order valence-corrected chi connectivity index (χ4v) is 3.10. The minimum Gasteiger partial charge on any atom is -0.482 e. The first kappa shape index (κ1) is 17.9. The zero-order valence-electron chi connectivity index (χ0n) is 14.6. The lowest BCUT2D eigenvalue weighted by molar-refractivity contribution is -0.386. The van der Waals surface area contributed by atoms with E-state index in [1.807, 2.05) is 35.2 Å². The molecule has 2 aromatic rings. The molecule has 0 bridgehead atoms. The van der Waals surface area contributed by atoms with Crippen LogP contribution in [-0.2, 0) is 17.8 Å². The monoisotopic (exact) mass is 354 g/mol. The van der Waals surface area contributed by atoms with E-state index in [1.165, 1.54) is 12.5 Å². The lowest BCUT2D eigenvalue weighted by Crippen LogP contribution is -2.36. The van der Waals surface area contributed by atoms with Crippen LogP contribution in [0.4, 0.5) is 5.69 Å². The molecular weight excluding hydrogens is 332 g/mol. The second kappa shape index (κ2) is 8.47. The van der Waals surface area contributed by atoms with Crippen molar-refractivity contribution in [3.63, 3.8) is 0 Å². The molecule has 0 atom stereocenters. The van der Waals surface area contributed by atoms with Gasteiger partial charge in [0.1, 0.15) is 6.61 Å². The maximum Gasteiger partial charge on any atom is 0.310 e. The topological polar surface area (TPSA) is 72.7 Å². The largest absolute Gasteiger partial charge is 0.482 e. The van der Waals surface area contributed by atoms with Crippen molar-refractivity contribution in [2.24, 2.45) is 0 Å².